The van der Waals surface area contributed by atoms with E-state index in [0.717, 1.165) is 21.5 Å². The summed E-state index contributed by atoms with van der Waals surface area (Å²) in [5.74, 6) is -1.12. The van der Waals surface area contributed by atoms with Crippen LogP contribution in [-0.2, 0) is 50.9 Å². The number of esters is 2. The number of carbonyl (C=O) groups is 2. The Kier molecular flexibility index (Phi) is 12.4. The van der Waals surface area contributed by atoms with Gasteiger partial charge in [-0.2, -0.15) is 0 Å². The van der Waals surface area contributed by atoms with Crippen LogP contribution in [0.4, 0.5) is 0 Å². The molecular weight excluding hydrogens is 649 g/mol. The molecule has 1 aliphatic rings. The van der Waals surface area contributed by atoms with Gasteiger partial charge >= 0.3 is 11.9 Å². The summed E-state index contributed by atoms with van der Waals surface area (Å²) in [5, 5.41) is 2.04. The van der Waals surface area contributed by atoms with Crippen molar-refractivity contribution in [2.45, 2.75) is 83.4 Å². The highest BCUT2D eigenvalue weighted by Crippen LogP contribution is 2.42. The number of hydrogen-bond donors (Lipinski definition) is 0. The quantitative estimate of drug-likeness (QED) is 0.105. The van der Waals surface area contributed by atoms with E-state index in [1.54, 1.807) is 0 Å². The average molecular weight is 697 g/mol. The van der Waals surface area contributed by atoms with Crippen LogP contribution >= 0.6 is 0 Å². The van der Waals surface area contributed by atoms with Gasteiger partial charge in [0.05, 0.1) is 19.8 Å². The topological polar surface area (TPSA) is 89.5 Å². The van der Waals surface area contributed by atoms with E-state index in [0.29, 0.717) is 13.0 Å². The van der Waals surface area contributed by atoms with Crippen LogP contribution in [-0.4, -0.2) is 57.6 Å². The van der Waals surface area contributed by atoms with Crippen LogP contribution < -0.4 is 10.4 Å². The van der Waals surface area contributed by atoms with Crippen molar-refractivity contribution in [2.75, 3.05) is 13.2 Å². The number of ether oxygens (including phenoxy) is 5. The molecule has 1 aliphatic heterocycles. The molecule has 0 aromatic heterocycles. The monoisotopic (exact) mass is 696 g/mol. The molecule has 0 N–H and O–H groups in total. The van der Waals surface area contributed by atoms with Crippen LogP contribution in [0.5, 0.6) is 0 Å². The van der Waals surface area contributed by atoms with Gasteiger partial charge < -0.3 is 28.1 Å². The van der Waals surface area contributed by atoms with Crippen molar-refractivity contribution in [3.63, 3.8) is 0 Å². The third-order valence-electron chi connectivity index (χ3n) is 9.01. The Hall–Kier alpha value is -4.12. The fourth-order valence-electron chi connectivity index (χ4n) is 6.82. The third kappa shape index (κ3) is 8.78. The van der Waals surface area contributed by atoms with Crippen LogP contribution in [0.25, 0.3) is 0 Å². The van der Waals surface area contributed by atoms with Gasteiger partial charge in [-0.25, -0.2) is 0 Å². The molecule has 9 heteroatoms. The van der Waals surface area contributed by atoms with E-state index >= 15 is 0 Å². The minimum absolute atomic E-state index is 0.0565. The van der Waals surface area contributed by atoms with E-state index < -0.39 is 44.4 Å². The fraction of sp³-hybridized carbons (Fsp3) is 0.366. The summed E-state index contributed by atoms with van der Waals surface area (Å²) < 4.78 is 38.5. The zero-order valence-electron chi connectivity index (χ0n) is 29.6. The molecule has 0 spiro atoms. The van der Waals surface area contributed by atoms with Crippen LogP contribution in [0.2, 0.25) is 5.04 Å². The van der Waals surface area contributed by atoms with Gasteiger partial charge in [0.1, 0.15) is 11.7 Å². The van der Waals surface area contributed by atoms with Gasteiger partial charge in [0.25, 0.3) is 8.32 Å². The molecule has 0 unspecified atom stereocenters. The van der Waals surface area contributed by atoms with E-state index in [-0.39, 0.29) is 24.9 Å². The van der Waals surface area contributed by atoms with Crippen molar-refractivity contribution in [2.24, 2.45) is 0 Å². The van der Waals surface area contributed by atoms with Crippen LogP contribution in [0.1, 0.15) is 52.2 Å². The summed E-state index contributed by atoms with van der Waals surface area (Å²) in [6.45, 7) is 10.1. The first kappa shape index (κ1) is 37.1. The molecule has 4 aromatic rings. The highest BCUT2D eigenvalue weighted by atomic mass is 28.4. The molecule has 264 valence electrons. The molecule has 0 bridgehead atoms. The molecular formula is C41H48O8Si. The summed E-state index contributed by atoms with van der Waals surface area (Å²) in [4.78, 5) is 24.9. The average Bonchev–Trinajstić information content (AvgIpc) is 3.36. The molecule has 1 fully saturated rings. The van der Waals surface area contributed by atoms with Crippen molar-refractivity contribution >= 4 is 30.6 Å². The van der Waals surface area contributed by atoms with E-state index in [4.69, 9.17) is 28.1 Å². The van der Waals surface area contributed by atoms with Gasteiger partial charge in [-0.3, -0.25) is 9.59 Å². The summed E-state index contributed by atoms with van der Waals surface area (Å²) in [5.41, 5.74) is 0.682. The predicted molar refractivity (Wildman–Crippen MR) is 194 cm³/mol. The van der Waals surface area contributed by atoms with Crippen LogP contribution in [0, 0.1) is 0 Å². The maximum Gasteiger partial charge on any atom is 0.305 e. The lowest BCUT2D eigenvalue weighted by Gasteiger charge is -2.44. The fourth-order valence-corrected chi connectivity index (χ4v) is 11.4. The third-order valence-corrected chi connectivity index (χ3v) is 14.1. The normalized spacial score (nSPS) is 20.7. The van der Waals surface area contributed by atoms with Crippen molar-refractivity contribution in [1.82, 2.24) is 0 Å². The summed E-state index contributed by atoms with van der Waals surface area (Å²) in [7, 11) is -2.93. The maximum atomic E-state index is 12.5. The first-order valence-corrected chi connectivity index (χ1v) is 19.0. The van der Waals surface area contributed by atoms with Crippen molar-refractivity contribution in [3.8, 4) is 0 Å². The number of benzene rings is 4. The van der Waals surface area contributed by atoms with Crippen LogP contribution in [0.3, 0.4) is 0 Å². The Bertz CT molecular complexity index is 1610. The standard InChI is InChI=1S/C41H48O8Si/c1-31(42)47-37-38(45-29-34-20-12-7-13-21-34)41(49-39(37)48-32(2)43,30-44-28-33-18-10-6-11-19-33)26-27-46-50(40(3,4)5,35-22-14-8-15-23-35)36-24-16-9-17-25-36/h6-25,37-39H,26-30H2,1-5H3/t37-,38+,39-,41+/m1/s1. The first-order chi connectivity index (χ1) is 24.0. The molecule has 0 aliphatic carbocycles. The highest BCUT2D eigenvalue weighted by molar-refractivity contribution is 6.99. The van der Waals surface area contributed by atoms with Gasteiger partial charge in [0, 0.05) is 26.9 Å². The molecule has 4 aromatic carbocycles. The van der Waals surface area contributed by atoms with Crippen molar-refractivity contribution in [3.05, 3.63) is 132 Å². The first-order valence-electron chi connectivity index (χ1n) is 17.1. The second-order valence-electron chi connectivity index (χ2n) is 13.7. The second-order valence-corrected chi connectivity index (χ2v) is 18.0. The molecule has 5 rings (SSSR count). The highest BCUT2D eigenvalue weighted by Gasteiger charge is 2.60. The van der Waals surface area contributed by atoms with E-state index in [9.17, 15) is 9.59 Å². The number of hydrogen-bond acceptors (Lipinski definition) is 8. The lowest BCUT2D eigenvalue weighted by molar-refractivity contribution is -0.214. The molecule has 4 atom stereocenters. The maximum absolute atomic E-state index is 12.5. The Morgan fingerprint density at radius 1 is 0.700 bits per heavy atom. The molecule has 50 heavy (non-hydrogen) atoms. The van der Waals surface area contributed by atoms with E-state index in [2.05, 4.69) is 69.3 Å². The Balaban J connectivity index is 1.54. The van der Waals surface area contributed by atoms with E-state index in [1.165, 1.54) is 13.8 Å². The van der Waals surface area contributed by atoms with Gasteiger partial charge in [-0.05, 0) is 26.5 Å². The summed E-state index contributed by atoms with van der Waals surface area (Å²) in [6, 6.07) is 40.4. The Morgan fingerprint density at radius 3 is 1.66 bits per heavy atom. The zero-order chi connectivity index (χ0) is 35.6. The summed E-state index contributed by atoms with van der Waals surface area (Å²) >= 11 is 0. The summed E-state index contributed by atoms with van der Waals surface area (Å²) in [6.07, 6.45) is -2.84. The predicted octanol–water partition coefficient (Wildman–Crippen LogP) is 6.35. The Morgan fingerprint density at radius 2 is 1.18 bits per heavy atom. The molecule has 0 radical (unpaired) electrons. The molecule has 0 amide bonds. The second kappa shape index (κ2) is 16.7. The number of carbonyl (C=O) groups excluding carboxylic acids is 2. The van der Waals surface area contributed by atoms with Gasteiger partial charge in [-0.15, -0.1) is 0 Å². The zero-order valence-corrected chi connectivity index (χ0v) is 30.6. The van der Waals surface area contributed by atoms with Gasteiger partial charge in [0.15, 0.2) is 6.10 Å². The molecule has 0 saturated carbocycles. The largest absolute Gasteiger partial charge is 0.453 e. The molecule has 1 saturated heterocycles. The SMILES string of the molecule is CC(=O)O[C@@H]1O[C@@](CCO[Si](c2ccccc2)(c2ccccc2)C(C)(C)C)(COCc2ccccc2)[C@@H](OCc2ccccc2)[C@H]1OC(C)=O. The number of rotatable bonds is 15. The molecule has 8 nitrogen and oxygen atoms in total. The minimum Gasteiger partial charge on any atom is -0.453 e. The van der Waals surface area contributed by atoms with Crippen molar-refractivity contribution in [1.29, 1.82) is 0 Å². The lowest BCUT2D eigenvalue weighted by Crippen LogP contribution is -2.67. The minimum atomic E-state index is -2.93. The molecule has 1 heterocycles. The van der Waals surface area contributed by atoms with Crippen LogP contribution in [0.15, 0.2) is 121 Å². The van der Waals surface area contributed by atoms with Gasteiger partial charge in [-0.1, -0.05) is 142 Å². The lowest BCUT2D eigenvalue weighted by atomic mass is 9.92. The Labute approximate surface area is 296 Å². The van der Waals surface area contributed by atoms with Gasteiger partial charge in [0.2, 0.25) is 6.29 Å². The smallest absolute Gasteiger partial charge is 0.305 e. The van der Waals surface area contributed by atoms with Crippen molar-refractivity contribution < 1.29 is 37.7 Å². The van der Waals surface area contributed by atoms with E-state index in [1.807, 2.05) is 72.8 Å².